The SMILES string of the molecule is C=CCOC[C@H](O)CN(Cc1cccc(OC)c1)C[C@H]1CC(c2ccc(Cl)cc2)=NO1. The maximum atomic E-state index is 10.4. The van der Waals surface area contributed by atoms with Gasteiger partial charge in [-0.1, -0.05) is 47.1 Å². The van der Waals surface area contributed by atoms with E-state index in [-0.39, 0.29) is 12.7 Å². The summed E-state index contributed by atoms with van der Waals surface area (Å²) in [5.41, 5.74) is 3.00. The van der Waals surface area contributed by atoms with Crippen molar-refractivity contribution < 1.29 is 19.4 Å². The van der Waals surface area contributed by atoms with E-state index < -0.39 is 6.10 Å². The van der Waals surface area contributed by atoms with Crippen LogP contribution in [0.2, 0.25) is 5.02 Å². The quantitative estimate of drug-likeness (QED) is 0.397. The van der Waals surface area contributed by atoms with Crippen LogP contribution in [-0.4, -0.2) is 61.3 Å². The van der Waals surface area contributed by atoms with Gasteiger partial charge in [0.1, 0.15) is 11.9 Å². The van der Waals surface area contributed by atoms with Gasteiger partial charge >= 0.3 is 0 Å². The van der Waals surface area contributed by atoms with E-state index in [9.17, 15) is 5.11 Å². The molecule has 0 fully saturated rings. The zero-order valence-electron chi connectivity index (χ0n) is 17.7. The standard InChI is InChI=1S/C24H29ClN2O4/c1-3-11-30-17-21(28)15-27(14-18-5-4-6-22(12-18)29-2)16-23-13-24(26-31-23)19-7-9-20(25)10-8-19/h3-10,12,21,23,28H,1,11,13-17H2,2H3/t21-,23-/m1/s1. The summed E-state index contributed by atoms with van der Waals surface area (Å²) in [5, 5.41) is 15.4. The molecule has 0 spiro atoms. The van der Waals surface area contributed by atoms with Gasteiger partial charge in [0.25, 0.3) is 0 Å². The highest BCUT2D eigenvalue weighted by Gasteiger charge is 2.26. The molecule has 0 unspecified atom stereocenters. The summed E-state index contributed by atoms with van der Waals surface area (Å²) in [6.45, 7) is 6.01. The molecule has 0 amide bonds. The van der Waals surface area contributed by atoms with Gasteiger partial charge in [0.05, 0.1) is 32.1 Å². The predicted octanol–water partition coefficient (Wildman–Crippen LogP) is 3.91. The molecule has 2 aromatic rings. The summed E-state index contributed by atoms with van der Waals surface area (Å²) < 4.78 is 10.7. The van der Waals surface area contributed by atoms with E-state index in [4.69, 9.17) is 25.9 Å². The maximum Gasteiger partial charge on any atom is 0.145 e. The van der Waals surface area contributed by atoms with Gasteiger partial charge < -0.3 is 19.4 Å². The summed E-state index contributed by atoms with van der Waals surface area (Å²) in [7, 11) is 1.65. The van der Waals surface area contributed by atoms with Gasteiger partial charge in [-0.3, -0.25) is 4.90 Å². The van der Waals surface area contributed by atoms with Crippen molar-refractivity contribution in [3.05, 3.63) is 77.3 Å². The first-order chi connectivity index (χ1) is 15.1. The predicted molar refractivity (Wildman–Crippen MR) is 123 cm³/mol. The largest absolute Gasteiger partial charge is 0.497 e. The lowest BCUT2D eigenvalue weighted by Crippen LogP contribution is -2.39. The monoisotopic (exact) mass is 444 g/mol. The second kappa shape index (κ2) is 11.9. The van der Waals surface area contributed by atoms with Crippen molar-refractivity contribution >= 4 is 17.3 Å². The number of hydrogen-bond acceptors (Lipinski definition) is 6. The van der Waals surface area contributed by atoms with Crippen LogP contribution in [0.15, 0.2) is 66.3 Å². The molecule has 2 atom stereocenters. The van der Waals surface area contributed by atoms with Crippen LogP contribution in [0, 0.1) is 0 Å². The van der Waals surface area contributed by atoms with Crippen molar-refractivity contribution in [3.8, 4) is 5.75 Å². The molecule has 2 aromatic carbocycles. The van der Waals surface area contributed by atoms with Crippen LogP contribution in [0.5, 0.6) is 5.75 Å². The number of oxime groups is 1. The molecule has 3 rings (SSSR count). The van der Waals surface area contributed by atoms with Crippen LogP contribution in [0.1, 0.15) is 17.5 Å². The van der Waals surface area contributed by atoms with Gasteiger partial charge in [0.15, 0.2) is 0 Å². The van der Waals surface area contributed by atoms with Gasteiger partial charge in [-0.05, 0) is 35.4 Å². The molecule has 7 heteroatoms. The first-order valence-electron chi connectivity index (χ1n) is 10.3. The molecule has 0 aromatic heterocycles. The number of methoxy groups -OCH3 is 1. The summed E-state index contributed by atoms with van der Waals surface area (Å²) in [5.74, 6) is 0.804. The molecule has 166 valence electrons. The molecule has 0 radical (unpaired) electrons. The van der Waals surface area contributed by atoms with Crippen molar-refractivity contribution in [1.29, 1.82) is 0 Å². The molecule has 1 aliphatic rings. The van der Waals surface area contributed by atoms with Gasteiger partial charge in [-0.2, -0.15) is 0 Å². The van der Waals surface area contributed by atoms with Crippen molar-refractivity contribution in [2.45, 2.75) is 25.2 Å². The number of rotatable bonds is 12. The molecular formula is C24H29ClN2O4. The third-order valence-electron chi connectivity index (χ3n) is 4.93. The highest BCUT2D eigenvalue weighted by Crippen LogP contribution is 2.21. The zero-order valence-corrected chi connectivity index (χ0v) is 18.5. The third kappa shape index (κ3) is 7.36. The van der Waals surface area contributed by atoms with E-state index in [0.717, 1.165) is 22.6 Å². The zero-order chi connectivity index (χ0) is 22.1. The summed E-state index contributed by atoms with van der Waals surface area (Å²) in [6, 6.07) is 15.5. The summed E-state index contributed by atoms with van der Waals surface area (Å²) >= 11 is 5.98. The molecule has 0 bridgehead atoms. The number of halogens is 1. The van der Waals surface area contributed by atoms with Gasteiger partial charge in [0, 0.05) is 31.1 Å². The minimum Gasteiger partial charge on any atom is -0.497 e. The first kappa shape index (κ1) is 23.3. The minimum absolute atomic E-state index is 0.0995. The number of hydrogen-bond donors (Lipinski definition) is 1. The third-order valence-corrected chi connectivity index (χ3v) is 5.18. The molecule has 0 aliphatic carbocycles. The van der Waals surface area contributed by atoms with Crippen molar-refractivity contribution in [1.82, 2.24) is 4.90 Å². The number of benzene rings is 2. The molecule has 31 heavy (non-hydrogen) atoms. The number of aliphatic hydroxyl groups is 1. The smallest absolute Gasteiger partial charge is 0.145 e. The molecule has 1 heterocycles. The van der Waals surface area contributed by atoms with Crippen LogP contribution in [0.3, 0.4) is 0 Å². The van der Waals surface area contributed by atoms with Crippen LogP contribution in [0.4, 0.5) is 0 Å². The lowest BCUT2D eigenvalue weighted by atomic mass is 10.0. The van der Waals surface area contributed by atoms with Gasteiger partial charge in [-0.15, -0.1) is 6.58 Å². The minimum atomic E-state index is -0.622. The second-order valence-corrected chi connectivity index (χ2v) is 7.94. The van der Waals surface area contributed by atoms with Gasteiger partial charge in [-0.25, -0.2) is 0 Å². The van der Waals surface area contributed by atoms with E-state index in [1.807, 2.05) is 48.5 Å². The lowest BCUT2D eigenvalue weighted by molar-refractivity contribution is 0.00335. The number of nitrogens with zero attached hydrogens (tertiary/aromatic N) is 2. The van der Waals surface area contributed by atoms with Crippen LogP contribution in [0.25, 0.3) is 0 Å². The average Bonchev–Trinajstić information content (AvgIpc) is 3.23. The fourth-order valence-electron chi connectivity index (χ4n) is 3.50. The molecule has 1 N–H and O–H groups in total. The lowest BCUT2D eigenvalue weighted by Gasteiger charge is -2.27. The van der Waals surface area contributed by atoms with E-state index in [0.29, 0.717) is 37.7 Å². The Morgan fingerprint density at radius 1 is 1.32 bits per heavy atom. The van der Waals surface area contributed by atoms with Crippen LogP contribution in [-0.2, 0) is 16.1 Å². The Morgan fingerprint density at radius 3 is 2.87 bits per heavy atom. The number of ether oxygens (including phenoxy) is 2. The Morgan fingerprint density at radius 2 is 2.13 bits per heavy atom. The van der Waals surface area contributed by atoms with E-state index >= 15 is 0 Å². The molecular weight excluding hydrogens is 416 g/mol. The fraction of sp³-hybridized carbons (Fsp3) is 0.375. The molecule has 1 aliphatic heterocycles. The Bertz CT molecular complexity index is 872. The van der Waals surface area contributed by atoms with Crippen molar-refractivity contribution in [3.63, 3.8) is 0 Å². The van der Waals surface area contributed by atoms with E-state index in [1.165, 1.54) is 0 Å². The second-order valence-electron chi connectivity index (χ2n) is 7.50. The fourth-order valence-corrected chi connectivity index (χ4v) is 3.62. The Hall–Kier alpha value is -2.38. The summed E-state index contributed by atoms with van der Waals surface area (Å²) in [6.07, 6.45) is 1.64. The van der Waals surface area contributed by atoms with E-state index in [2.05, 4.69) is 16.6 Å². The van der Waals surface area contributed by atoms with Crippen LogP contribution >= 0.6 is 11.6 Å². The normalized spacial score (nSPS) is 16.6. The highest BCUT2D eigenvalue weighted by molar-refractivity contribution is 6.30. The Kier molecular flexibility index (Phi) is 8.91. The van der Waals surface area contributed by atoms with E-state index in [1.54, 1.807) is 13.2 Å². The van der Waals surface area contributed by atoms with Crippen LogP contribution < -0.4 is 4.74 Å². The maximum absolute atomic E-state index is 10.4. The summed E-state index contributed by atoms with van der Waals surface area (Å²) in [4.78, 5) is 7.86. The topological polar surface area (TPSA) is 63.5 Å². The molecule has 0 saturated carbocycles. The number of aliphatic hydroxyl groups excluding tert-OH is 1. The van der Waals surface area contributed by atoms with Crippen molar-refractivity contribution in [2.75, 3.05) is 33.4 Å². The Labute approximate surface area is 188 Å². The highest BCUT2D eigenvalue weighted by atomic mass is 35.5. The average molecular weight is 445 g/mol. The van der Waals surface area contributed by atoms with Crippen molar-refractivity contribution in [2.24, 2.45) is 5.16 Å². The van der Waals surface area contributed by atoms with Gasteiger partial charge in [0.2, 0.25) is 0 Å². The Balaban J connectivity index is 1.63. The molecule has 6 nitrogen and oxygen atoms in total. The molecule has 0 saturated heterocycles. The first-order valence-corrected chi connectivity index (χ1v) is 10.7.